The lowest BCUT2D eigenvalue weighted by atomic mass is 9.99. The van der Waals surface area contributed by atoms with Gasteiger partial charge >= 0.3 is 0 Å². The van der Waals surface area contributed by atoms with E-state index in [4.69, 9.17) is 9.47 Å². The molecule has 1 aliphatic heterocycles. The highest BCUT2D eigenvalue weighted by Crippen LogP contribution is 2.40. The Kier molecular flexibility index (Phi) is 7.46. The molecule has 0 amide bonds. The first kappa shape index (κ1) is 26.4. The molecule has 0 radical (unpaired) electrons. The summed E-state index contributed by atoms with van der Waals surface area (Å²) in [5.41, 5.74) is 9.46. The number of methoxy groups -OCH3 is 2. The number of benzene rings is 4. The zero-order valence-electron chi connectivity index (χ0n) is 22.7. The van der Waals surface area contributed by atoms with Crippen molar-refractivity contribution in [2.45, 2.75) is 11.9 Å². The number of ether oxygens (including phenoxy) is 2. The fourth-order valence-corrected chi connectivity index (χ4v) is 6.74. The number of halogens is 1. The number of allylic oxidation sites excluding steroid dienone is 2. The van der Waals surface area contributed by atoms with Gasteiger partial charge in [-0.05, 0) is 58.7 Å². The fraction of sp³-hybridized carbons (Fsp3) is 0.147. The molecule has 4 aromatic carbocycles. The summed E-state index contributed by atoms with van der Waals surface area (Å²) in [6.07, 6.45) is 6.72. The van der Waals surface area contributed by atoms with Crippen molar-refractivity contribution in [2.75, 3.05) is 19.1 Å². The van der Waals surface area contributed by atoms with E-state index in [1.807, 2.05) is 18.2 Å². The van der Waals surface area contributed by atoms with Gasteiger partial charge in [-0.15, -0.1) is 0 Å². The number of alkyl halides is 1. The molecule has 0 fully saturated rings. The number of aromatic nitrogens is 1. The molecule has 0 bridgehead atoms. The summed E-state index contributed by atoms with van der Waals surface area (Å²) in [5, 5.41) is 2.06. The summed E-state index contributed by atoms with van der Waals surface area (Å²) in [4.78, 5) is 2.33. The Balaban J connectivity index is 1.36. The molecule has 4 nitrogen and oxygen atoms in total. The Bertz CT molecular complexity index is 1730. The molecular weight excluding hydrogens is 580 g/mol. The number of hydrogen-bond acceptors (Lipinski definition) is 4. The van der Waals surface area contributed by atoms with E-state index in [1.54, 1.807) is 25.6 Å². The van der Waals surface area contributed by atoms with Crippen LogP contribution in [0.2, 0.25) is 0 Å². The molecule has 6 rings (SSSR count). The number of rotatable bonds is 7. The van der Waals surface area contributed by atoms with Crippen molar-refractivity contribution in [3.8, 4) is 22.6 Å². The Morgan fingerprint density at radius 3 is 2.33 bits per heavy atom. The van der Waals surface area contributed by atoms with Crippen LogP contribution >= 0.6 is 27.3 Å². The number of nitrogens with zero attached hydrogens (tertiary/aromatic N) is 2. The standard InChI is InChI=1S/C34H30BrN2O2S/c1-36-29-16-15-26(34-30(38-2)9-6-10-31(34)39-3)19-32(29)40-33(36)20-25-17-18-37(28-8-5-4-7-27(25)28)22-24-13-11-23(21-35)12-14-24/h4-20H,21-22H2,1-3H3/q+1. The van der Waals surface area contributed by atoms with Crippen molar-refractivity contribution < 1.29 is 14.0 Å². The lowest BCUT2D eigenvalue weighted by Crippen LogP contribution is -2.29. The second-order valence-corrected chi connectivity index (χ2v) is 11.4. The van der Waals surface area contributed by atoms with Crippen LogP contribution < -0.4 is 18.9 Å². The first-order chi connectivity index (χ1) is 19.6. The third kappa shape index (κ3) is 4.93. The van der Waals surface area contributed by atoms with Gasteiger partial charge in [-0.25, -0.2) is 0 Å². The third-order valence-corrected chi connectivity index (χ3v) is 9.15. The van der Waals surface area contributed by atoms with Crippen molar-refractivity contribution in [3.05, 3.63) is 119 Å². The van der Waals surface area contributed by atoms with Gasteiger partial charge in [0.2, 0.25) is 5.52 Å². The van der Waals surface area contributed by atoms with Gasteiger partial charge < -0.3 is 14.4 Å². The third-order valence-electron chi connectivity index (χ3n) is 7.35. The highest BCUT2D eigenvalue weighted by atomic mass is 79.9. The molecule has 6 heteroatoms. The minimum absolute atomic E-state index is 0.800. The normalized spacial score (nSPS) is 13.6. The van der Waals surface area contributed by atoms with Crippen molar-refractivity contribution in [2.24, 2.45) is 7.05 Å². The highest BCUT2D eigenvalue weighted by molar-refractivity contribution is 9.08. The van der Waals surface area contributed by atoms with Gasteiger partial charge in [0.05, 0.1) is 19.8 Å². The van der Waals surface area contributed by atoms with Crippen LogP contribution in [0.5, 0.6) is 11.5 Å². The Labute approximate surface area is 247 Å². The molecule has 0 N–H and O–H groups in total. The molecule has 0 saturated heterocycles. The van der Waals surface area contributed by atoms with Crippen LogP contribution in [0.1, 0.15) is 21.7 Å². The topological polar surface area (TPSA) is 25.6 Å². The minimum Gasteiger partial charge on any atom is -0.496 e. The number of para-hydroxylation sites is 1. The first-order valence-electron chi connectivity index (χ1n) is 13.1. The van der Waals surface area contributed by atoms with Gasteiger partial charge in [-0.1, -0.05) is 75.8 Å². The zero-order chi connectivity index (χ0) is 27.6. The molecule has 40 heavy (non-hydrogen) atoms. The van der Waals surface area contributed by atoms with Crippen molar-refractivity contribution in [1.29, 1.82) is 0 Å². The number of hydrogen-bond donors (Lipinski definition) is 0. The van der Waals surface area contributed by atoms with E-state index in [0.717, 1.165) is 34.5 Å². The van der Waals surface area contributed by atoms with E-state index >= 15 is 0 Å². The van der Waals surface area contributed by atoms with Crippen LogP contribution in [0.25, 0.3) is 33.0 Å². The average Bonchev–Trinajstić information content (AvgIpc) is 3.32. The molecule has 5 aromatic rings. The lowest BCUT2D eigenvalue weighted by Gasteiger charge is -2.27. The Hall–Kier alpha value is -3.87. The molecule has 0 saturated carbocycles. The quantitative estimate of drug-likeness (QED) is 0.137. The fourth-order valence-electron chi connectivity index (χ4n) is 5.23. The Morgan fingerprint density at radius 1 is 0.875 bits per heavy atom. The summed E-state index contributed by atoms with van der Waals surface area (Å²) < 4.78 is 14.8. The number of aryl methyl sites for hydroxylation is 1. The predicted octanol–water partition coefficient (Wildman–Crippen LogP) is 8.38. The van der Waals surface area contributed by atoms with Gasteiger partial charge in [-0.2, -0.15) is 4.57 Å². The second-order valence-electron chi connectivity index (χ2n) is 9.73. The average molecular weight is 611 g/mol. The summed E-state index contributed by atoms with van der Waals surface area (Å²) in [6.45, 7) is 0.829. The van der Waals surface area contributed by atoms with Crippen LogP contribution in [0, 0.1) is 0 Å². The van der Waals surface area contributed by atoms with Crippen molar-refractivity contribution >= 4 is 54.8 Å². The molecule has 0 unspecified atom stereocenters. The summed E-state index contributed by atoms with van der Waals surface area (Å²) in [7, 11) is 5.53. The SMILES string of the molecule is COc1cccc(OC)c1-c1ccc2c(c1)sc(C=C1C=CN(Cc3ccc(CBr)cc3)c3ccccc31)[n+]2C. The molecule has 200 valence electrons. The summed E-state index contributed by atoms with van der Waals surface area (Å²) >= 11 is 5.33. The molecular formula is C34H30BrN2O2S+. The zero-order valence-corrected chi connectivity index (χ0v) is 25.1. The molecule has 1 aliphatic rings. The predicted molar refractivity (Wildman–Crippen MR) is 170 cm³/mol. The van der Waals surface area contributed by atoms with E-state index in [-0.39, 0.29) is 0 Å². The molecule has 0 aliphatic carbocycles. The van der Waals surface area contributed by atoms with E-state index in [2.05, 4.69) is 118 Å². The van der Waals surface area contributed by atoms with Crippen LogP contribution in [0.4, 0.5) is 5.69 Å². The maximum Gasteiger partial charge on any atom is 0.263 e. The first-order valence-corrected chi connectivity index (χ1v) is 15.1. The summed E-state index contributed by atoms with van der Waals surface area (Å²) in [5.74, 6) is 1.60. The number of fused-ring (bicyclic) bond motifs is 2. The van der Waals surface area contributed by atoms with Gasteiger partial charge in [0.1, 0.15) is 23.2 Å². The lowest BCUT2D eigenvalue weighted by molar-refractivity contribution is -0.642. The van der Waals surface area contributed by atoms with E-state index in [9.17, 15) is 0 Å². The minimum atomic E-state index is 0.800. The van der Waals surface area contributed by atoms with Crippen molar-refractivity contribution in [3.63, 3.8) is 0 Å². The maximum absolute atomic E-state index is 5.67. The van der Waals surface area contributed by atoms with Crippen molar-refractivity contribution in [1.82, 2.24) is 0 Å². The van der Waals surface area contributed by atoms with E-state index in [1.165, 1.54) is 43.2 Å². The summed E-state index contributed by atoms with van der Waals surface area (Å²) in [6, 6.07) is 29.9. The van der Waals surface area contributed by atoms with Gasteiger partial charge in [-0.3, -0.25) is 0 Å². The van der Waals surface area contributed by atoms with Gasteiger partial charge in [0.15, 0.2) is 0 Å². The largest absolute Gasteiger partial charge is 0.496 e. The van der Waals surface area contributed by atoms with Gasteiger partial charge in [0.25, 0.3) is 5.01 Å². The number of thiazole rings is 1. The van der Waals surface area contributed by atoms with Crippen LogP contribution in [-0.2, 0) is 18.9 Å². The molecule has 1 aromatic heterocycles. The highest BCUT2D eigenvalue weighted by Gasteiger charge is 2.22. The second kappa shape index (κ2) is 11.3. The van der Waals surface area contributed by atoms with Crippen LogP contribution in [0.15, 0.2) is 97.2 Å². The smallest absolute Gasteiger partial charge is 0.263 e. The van der Waals surface area contributed by atoms with E-state index < -0.39 is 0 Å². The molecule has 0 atom stereocenters. The van der Waals surface area contributed by atoms with Crippen LogP contribution in [-0.4, -0.2) is 14.2 Å². The monoisotopic (exact) mass is 609 g/mol. The van der Waals surface area contributed by atoms with Crippen LogP contribution in [0.3, 0.4) is 0 Å². The molecule has 0 spiro atoms. The van der Waals surface area contributed by atoms with E-state index in [0.29, 0.717) is 0 Å². The maximum atomic E-state index is 5.67. The number of anilines is 1. The Morgan fingerprint density at radius 2 is 1.60 bits per heavy atom. The van der Waals surface area contributed by atoms with Gasteiger partial charge in [0, 0.05) is 41.5 Å². The molecule has 2 heterocycles.